The predicted octanol–water partition coefficient (Wildman–Crippen LogP) is 3.11. The fourth-order valence-electron chi connectivity index (χ4n) is 1.66. The van der Waals surface area contributed by atoms with Crippen LogP contribution in [0.1, 0.15) is 32.1 Å². The molecule has 1 nitrogen and oxygen atoms in total. The van der Waals surface area contributed by atoms with Gasteiger partial charge < -0.3 is 0 Å². The van der Waals surface area contributed by atoms with E-state index in [9.17, 15) is 13.2 Å². The minimum atomic E-state index is -4.05. The molecule has 0 bridgehead atoms. The van der Waals surface area contributed by atoms with Gasteiger partial charge in [0.1, 0.15) is 0 Å². The minimum absolute atomic E-state index is 0.197. The second-order valence-corrected chi connectivity index (χ2v) is 4.55. The molecule has 0 radical (unpaired) electrons. The van der Waals surface area contributed by atoms with Crippen LogP contribution in [0.3, 0.4) is 0 Å². The highest BCUT2D eigenvalue weighted by Crippen LogP contribution is 2.30. The molecule has 0 atom stereocenters. The molecule has 0 heterocycles. The van der Waals surface area contributed by atoms with Crippen molar-refractivity contribution in [2.24, 2.45) is 0 Å². The summed E-state index contributed by atoms with van der Waals surface area (Å²) in [5, 5.41) is 0. The van der Waals surface area contributed by atoms with Crippen molar-refractivity contribution in [3.05, 3.63) is 0 Å². The molecule has 0 aromatic heterocycles. The van der Waals surface area contributed by atoms with Crippen molar-refractivity contribution in [1.29, 1.82) is 0 Å². The maximum absolute atomic E-state index is 12.2. The molecule has 1 aliphatic carbocycles. The summed E-state index contributed by atoms with van der Waals surface area (Å²) in [5.74, 6) is 0.822. The standard InChI is InChI=1S/C10H18F3NS/c11-10(12,13)8-14(9-4-5-9)6-2-1-3-7-15/h9,15H,1-8H2. The largest absolute Gasteiger partial charge is 0.401 e. The van der Waals surface area contributed by atoms with E-state index in [-0.39, 0.29) is 6.04 Å². The van der Waals surface area contributed by atoms with Gasteiger partial charge in [-0.15, -0.1) is 0 Å². The number of halogens is 3. The summed E-state index contributed by atoms with van der Waals surface area (Å²) in [6.45, 7) is -0.156. The van der Waals surface area contributed by atoms with Gasteiger partial charge >= 0.3 is 6.18 Å². The first-order valence-corrected chi connectivity index (χ1v) is 6.08. The molecule has 0 aromatic carbocycles. The Morgan fingerprint density at radius 1 is 1.13 bits per heavy atom. The third-order valence-corrected chi connectivity index (χ3v) is 2.87. The summed E-state index contributed by atoms with van der Waals surface area (Å²) in [5.41, 5.74) is 0. The van der Waals surface area contributed by atoms with Crippen molar-refractivity contribution in [1.82, 2.24) is 4.90 Å². The molecule has 1 fully saturated rings. The zero-order valence-corrected chi connectivity index (χ0v) is 9.66. The van der Waals surface area contributed by atoms with E-state index in [2.05, 4.69) is 12.6 Å². The first kappa shape index (κ1) is 13.2. The lowest BCUT2D eigenvalue weighted by atomic mass is 10.2. The third-order valence-electron chi connectivity index (χ3n) is 2.55. The highest BCUT2D eigenvalue weighted by atomic mass is 32.1. The van der Waals surface area contributed by atoms with E-state index in [1.54, 1.807) is 4.90 Å². The van der Waals surface area contributed by atoms with Crippen LogP contribution in [-0.2, 0) is 0 Å². The molecule has 0 amide bonds. The van der Waals surface area contributed by atoms with Crippen LogP contribution in [0, 0.1) is 0 Å². The second kappa shape index (κ2) is 5.99. The molecule has 0 aliphatic heterocycles. The minimum Gasteiger partial charge on any atom is -0.292 e. The maximum Gasteiger partial charge on any atom is 0.401 e. The van der Waals surface area contributed by atoms with Crippen molar-refractivity contribution in [2.75, 3.05) is 18.8 Å². The van der Waals surface area contributed by atoms with Gasteiger partial charge in [0.25, 0.3) is 0 Å². The molecule has 0 aromatic rings. The first-order valence-electron chi connectivity index (χ1n) is 5.44. The molecular formula is C10H18F3NS. The van der Waals surface area contributed by atoms with Gasteiger partial charge in [0.05, 0.1) is 6.54 Å². The Morgan fingerprint density at radius 2 is 1.80 bits per heavy atom. The van der Waals surface area contributed by atoms with Crippen LogP contribution in [0.4, 0.5) is 13.2 Å². The molecule has 0 unspecified atom stereocenters. The number of rotatable bonds is 7. The van der Waals surface area contributed by atoms with E-state index in [1.807, 2.05) is 0 Å². The molecule has 0 spiro atoms. The zero-order chi connectivity index (χ0) is 11.3. The Morgan fingerprint density at radius 3 is 2.27 bits per heavy atom. The molecule has 5 heteroatoms. The van der Waals surface area contributed by atoms with Crippen LogP contribution in [0.15, 0.2) is 0 Å². The third kappa shape index (κ3) is 6.30. The van der Waals surface area contributed by atoms with E-state index < -0.39 is 12.7 Å². The van der Waals surface area contributed by atoms with Crippen LogP contribution in [0.5, 0.6) is 0 Å². The predicted molar refractivity (Wildman–Crippen MR) is 58.4 cm³/mol. The lowest BCUT2D eigenvalue weighted by Crippen LogP contribution is -2.36. The second-order valence-electron chi connectivity index (χ2n) is 4.10. The summed E-state index contributed by atoms with van der Waals surface area (Å²) < 4.78 is 36.6. The van der Waals surface area contributed by atoms with E-state index in [4.69, 9.17) is 0 Å². The van der Waals surface area contributed by atoms with Gasteiger partial charge in [-0.1, -0.05) is 6.42 Å². The fourth-order valence-corrected chi connectivity index (χ4v) is 1.89. The number of hydrogen-bond acceptors (Lipinski definition) is 2. The van der Waals surface area contributed by atoms with Crippen LogP contribution in [-0.4, -0.2) is 36.0 Å². The van der Waals surface area contributed by atoms with Gasteiger partial charge in [-0.2, -0.15) is 25.8 Å². The Hall–Kier alpha value is 0.100. The average molecular weight is 241 g/mol. The molecule has 1 aliphatic rings. The summed E-state index contributed by atoms with van der Waals surface area (Å²) >= 11 is 4.07. The number of thiol groups is 1. The number of hydrogen-bond donors (Lipinski definition) is 1. The summed E-state index contributed by atoms with van der Waals surface area (Å²) in [7, 11) is 0. The van der Waals surface area contributed by atoms with E-state index in [0.717, 1.165) is 37.9 Å². The van der Waals surface area contributed by atoms with Crippen molar-refractivity contribution < 1.29 is 13.2 Å². The summed E-state index contributed by atoms with van der Waals surface area (Å²) in [6.07, 6.45) is 0.642. The van der Waals surface area contributed by atoms with E-state index in [0.29, 0.717) is 6.54 Å². The smallest absolute Gasteiger partial charge is 0.292 e. The van der Waals surface area contributed by atoms with Crippen molar-refractivity contribution in [2.45, 2.75) is 44.3 Å². The number of nitrogens with zero attached hydrogens (tertiary/aromatic N) is 1. The van der Waals surface area contributed by atoms with Gasteiger partial charge in [0.2, 0.25) is 0 Å². The molecular weight excluding hydrogens is 223 g/mol. The zero-order valence-electron chi connectivity index (χ0n) is 8.76. The van der Waals surface area contributed by atoms with Gasteiger partial charge in [-0.3, -0.25) is 4.90 Å². The van der Waals surface area contributed by atoms with Gasteiger partial charge in [-0.25, -0.2) is 0 Å². The normalized spacial score (nSPS) is 17.4. The topological polar surface area (TPSA) is 3.24 Å². The molecule has 0 saturated heterocycles. The van der Waals surface area contributed by atoms with Crippen LogP contribution in [0.25, 0.3) is 0 Å². The van der Waals surface area contributed by atoms with Gasteiger partial charge in [-0.05, 0) is 38.0 Å². The SMILES string of the molecule is FC(F)(F)CN(CCCCCS)C1CC1. The van der Waals surface area contributed by atoms with Crippen LogP contribution >= 0.6 is 12.6 Å². The lowest BCUT2D eigenvalue weighted by Gasteiger charge is -2.23. The lowest BCUT2D eigenvalue weighted by molar-refractivity contribution is -0.147. The first-order chi connectivity index (χ1) is 7.03. The molecule has 1 saturated carbocycles. The highest BCUT2D eigenvalue weighted by Gasteiger charge is 2.37. The maximum atomic E-state index is 12.2. The fraction of sp³-hybridized carbons (Fsp3) is 1.00. The Balaban J connectivity index is 2.19. The molecule has 15 heavy (non-hydrogen) atoms. The number of unbranched alkanes of at least 4 members (excludes halogenated alkanes) is 2. The average Bonchev–Trinajstić information content (AvgIpc) is 2.91. The van der Waals surface area contributed by atoms with E-state index in [1.165, 1.54) is 0 Å². The van der Waals surface area contributed by atoms with Crippen molar-refractivity contribution in [3.8, 4) is 0 Å². The van der Waals surface area contributed by atoms with Gasteiger partial charge in [0, 0.05) is 6.04 Å². The van der Waals surface area contributed by atoms with Crippen molar-refractivity contribution in [3.63, 3.8) is 0 Å². The van der Waals surface area contributed by atoms with Crippen molar-refractivity contribution >= 4 is 12.6 Å². The van der Waals surface area contributed by atoms with Crippen LogP contribution < -0.4 is 0 Å². The van der Waals surface area contributed by atoms with E-state index >= 15 is 0 Å². The Labute approximate surface area is 94.4 Å². The molecule has 90 valence electrons. The molecule has 0 N–H and O–H groups in total. The van der Waals surface area contributed by atoms with Crippen LogP contribution in [0.2, 0.25) is 0 Å². The summed E-state index contributed by atoms with van der Waals surface area (Å²) in [4.78, 5) is 1.58. The molecule has 1 rings (SSSR count). The Bertz CT molecular complexity index is 180. The van der Waals surface area contributed by atoms with Gasteiger partial charge in [0.15, 0.2) is 0 Å². The highest BCUT2D eigenvalue weighted by molar-refractivity contribution is 7.80. The number of alkyl halides is 3. The Kier molecular flexibility index (Phi) is 5.26. The monoisotopic (exact) mass is 241 g/mol. The summed E-state index contributed by atoms with van der Waals surface area (Å²) in [6, 6.07) is 0.197. The quantitative estimate of drug-likeness (QED) is 0.529.